The van der Waals surface area contributed by atoms with E-state index in [-0.39, 0.29) is 49.0 Å². The minimum absolute atomic E-state index is 0.00348. The Hall–Kier alpha value is -4.53. The number of methoxy groups -OCH3 is 1. The first-order chi connectivity index (χ1) is 28.0. The molecule has 3 aromatic rings. The standard InChI is InChI=1S/C46H63N5O8/c1-27-37-21-33(46(37,3)4)22-38(27)48-45(57)42-41(28(2)53)39(26-52)59-51(42)23-30-15-12-16-36(43(30)58-8)31-18-32(20-35(19-31)50(7)25-40(54)55)44(56)47-34(24-49(5)6)17-29-13-10-9-11-14-29/h9-16,18-20,27-28,33-34,37-39,41-42,52-53H,17,21-26H2,1-8H3,(H,47,56)(H,48,57)(H,54,55)/t27-,28-,33+,34?,37-,38-,39-,41+,42-/m0/s1. The number of nitrogens with one attached hydrogen (secondary N) is 2. The van der Waals surface area contributed by atoms with Crippen LogP contribution in [0.3, 0.4) is 0 Å². The number of hydrogen-bond donors (Lipinski definition) is 5. The van der Waals surface area contributed by atoms with E-state index in [1.54, 1.807) is 43.2 Å². The largest absolute Gasteiger partial charge is 0.496 e. The van der Waals surface area contributed by atoms with Crippen molar-refractivity contribution in [1.82, 2.24) is 20.6 Å². The smallest absolute Gasteiger partial charge is 0.323 e. The molecule has 59 heavy (non-hydrogen) atoms. The number of ether oxygens (including phenoxy) is 1. The molecular formula is C46H63N5O8. The lowest BCUT2D eigenvalue weighted by Gasteiger charge is -2.62. The number of aliphatic carboxylic acids is 1. The SMILES string of the molecule is COc1c(CN2O[C@@H](CO)[C@@H]([C@H](C)O)[C@H]2C(=O)N[C@H]2C[C@H]3C[C@@H]([C@@H]2C)C3(C)C)cccc1-c1cc(C(=O)NC(Cc2ccccc2)CN(C)C)cc(N(C)CC(=O)O)c1. The van der Waals surface area contributed by atoms with Gasteiger partial charge in [-0.15, -0.1) is 0 Å². The Labute approximate surface area is 348 Å². The van der Waals surface area contributed by atoms with Crippen molar-refractivity contribution in [3.8, 4) is 16.9 Å². The topological polar surface area (TPSA) is 164 Å². The molecule has 3 aliphatic carbocycles. The molecule has 2 bridgehead atoms. The second-order valence-corrected chi connectivity index (χ2v) is 17.9. The maximum atomic E-state index is 14.3. The third kappa shape index (κ3) is 9.60. The molecule has 1 unspecified atom stereocenters. The fourth-order valence-electron chi connectivity index (χ4n) is 10.0. The molecule has 1 heterocycles. The summed E-state index contributed by atoms with van der Waals surface area (Å²) in [6, 6.07) is 19.7. The minimum atomic E-state index is -1.02. The molecule has 0 aromatic heterocycles. The molecule has 13 heteroatoms. The summed E-state index contributed by atoms with van der Waals surface area (Å²) >= 11 is 0. The number of aliphatic hydroxyl groups excluding tert-OH is 2. The van der Waals surface area contributed by atoms with Crippen LogP contribution in [0.1, 0.15) is 62.0 Å². The minimum Gasteiger partial charge on any atom is -0.496 e. The van der Waals surface area contributed by atoms with Gasteiger partial charge in [-0.2, -0.15) is 5.06 Å². The van der Waals surface area contributed by atoms with Gasteiger partial charge in [-0.25, -0.2) is 0 Å². The summed E-state index contributed by atoms with van der Waals surface area (Å²) in [4.78, 5) is 50.2. The number of carboxylic acids is 1. The Morgan fingerprint density at radius 1 is 1.03 bits per heavy atom. The fraction of sp³-hybridized carbons (Fsp3) is 0.543. The van der Waals surface area contributed by atoms with E-state index in [9.17, 15) is 29.7 Å². The Balaban J connectivity index is 1.32. The molecule has 1 aliphatic heterocycles. The van der Waals surface area contributed by atoms with Crippen molar-refractivity contribution in [1.29, 1.82) is 0 Å². The lowest BCUT2D eigenvalue weighted by molar-refractivity contribution is -0.183. The number of amides is 2. The second-order valence-electron chi connectivity index (χ2n) is 17.9. The van der Waals surface area contributed by atoms with Crippen molar-refractivity contribution in [2.45, 2.75) is 83.8 Å². The van der Waals surface area contributed by atoms with E-state index < -0.39 is 30.1 Å². The molecular weight excluding hydrogens is 751 g/mol. The van der Waals surface area contributed by atoms with Crippen LogP contribution in [-0.2, 0) is 27.4 Å². The normalized spacial score (nSPS) is 25.8. The van der Waals surface area contributed by atoms with Crippen LogP contribution in [0, 0.1) is 29.1 Å². The third-order valence-electron chi connectivity index (χ3n) is 13.2. The number of likely N-dealkylation sites (N-methyl/N-ethyl adjacent to an activating group) is 2. The van der Waals surface area contributed by atoms with Gasteiger partial charge in [0.1, 0.15) is 24.4 Å². The second kappa shape index (κ2) is 18.4. The maximum absolute atomic E-state index is 14.3. The summed E-state index contributed by atoms with van der Waals surface area (Å²) in [5.41, 5.74) is 4.15. The van der Waals surface area contributed by atoms with E-state index >= 15 is 0 Å². The zero-order chi connectivity index (χ0) is 42.8. The molecule has 5 N–H and O–H groups in total. The first-order valence-electron chi connectivity index (χ1n) is 20.8. The quantitative estimate of drug-likeness (QED) is 0.131. The Morgan fingerprint density at radius 3 is 2.37 bits per heavy atom. The first kappa shape index (κ1) is 44.0. The predicted octanol–water partition coefficient (Wildman–Crippen LogP) is 4.45. The van der Waals surface area contributed by atoms with E-state index in [4.69, 9.17) is 9.57 Å². The van der Waals surface area contributed by atoms with Gasteiger partial charge in [0, 0.05) is 54.0 Å². The highest BCUT2D eigenvalue weighted by Gasteiger charge is 2.57. The average molecular weight is 814 g/mol. The summed E-state index contributed by atoms with van der Waals surface area (Å²) in [6.07, 6.45) is 0.936. The highest BCUT2D eigenvalue weighted by atomic mass is 16.7. The predicted molar refractivity (Wildman–Crippen MR) is 227 cm³/mol. The van der Waals surface area contributed by atoms with E-state index in [1.807, 2.05) is 73.6 Å². The number of hydrogen-bond acceptors (Lipinski definition) is 10. The van der Waals surface area contributed by atoms with Gasteiger partial charge in [0.25, 0.3) is 5.91 Å². The van der Waals surface area contributed by atoms with Crippen molar-refractivity contribution >= 4 is 23.5 Å². The molecule has 320 valence electrons. The average Bonchev–Trinajstić information content (AvgIpc) is 3.56. The first-order valence-corrected chi connectivity index (χ1v) is 20.8. The number of fused-ring (bicyclic) bond motifs is 2. The highest BCUT2D eigenvalue weighted by molar-refractivity contribution is 5.97. The fourth-order valence-corrected chi connectivity index (χ4v) is 10.0. The van der Waals surface area contributed by atoms with Crippen LogP contribution < -0.4 is 20.3 Å². The summed E-state index contributed by atoms with van der Waals surface area (Å²) < 4.78 is 6.08. The molecule has 1 saturated heterocycles. The molecule has 7 rings (SSSR count). The number of carboxylic acid groups (broad SMARTS) is 1. The Bertz CT molecular complexity index is 1960. The van der Waals surface area contributed by atoms with Crippen molar-refractivity contribution in [2.75, 3.05) is 52.8 Å². The number of anilines is 1. The van der Waals surface area contributed by atoms with Gasteiger partial charge in [0.2, 0.25) is 5.91 Å². The molecule has 4 aliphatic rings. The maximum Gasteiger partial charge on any atom is 0.323 e. The third-order valence-corrected chi connectivity index (χ3v) is 13.2. The molecule has 2 amide bonds. The summed E-state index contributed by atoms with van der Waals surface area (Å²) in [5, 5.41) is 39.2. The summed E-state index contributed by atoms with van der Waals surface area (Å²) in [6.45, 7) is 8.49. The van der Waals surface area contributed by atoms with Crippen LogP contribution in [0.5, 0.6) is 5.75 Å². The lowest BCUT2D eigenvalue weighted by Crippen LogP contribution is -2.62. The van der Waals surface area contributed by atoms with Crippen molar-refractivity contribution in [2.24, 2.45) is 29.1 Å². The van der Waals surface area contributed by atoms with E-state index in [0.717, 1.165) is 12.0 Å². The highest BCUT2D eigenvalue weighted by Crippen LogP contribution is 2.61. The van der Waals surface area contributed by atoms with Gasteiger partial charge in [0.15, 0.2) is 0 Å². The van der Waals surface area contributed by atoms with Gasteiger partial charge in [-0.3, -0.25) is 19.2 Å². The number of carbonyl (C=O) groups is 3. The number of nitrogens with zero attached hydrogens (tertiary/aromatic N) is 3. The van der Waals surface area contributed by atoms with E-state index in [2.05, 4.69) is 31.4 Å². The summed E-state index contributed by atoms with van der Waals surface area (Å²) in [7, 11) is 7.13. The molecule has 13 nitrogen and oxygen atoms in total. The van der Waals surface area contributed by atoms with Crippen LogP contribution >= 0.6 is 0 Å². The number of carbonyl (C=O) groups excluding carboxylic acids is 2. The van der Waals surface area contributed by atoms with Crippen LogP contribution in [0.25, 0.3) is 11.1 Å². The number of rotatable bonds is 17. The van der Waals surface area contributed by atoms with Crippen LogP contribution in [0.2, 0.25) is 0 Å². The number of hydroxylamine groups is 2. The zero-order valence-electron chi connectivity index (χ0n) is 35.7. The number of para-hydroxylation sites is 1. The van der Waals surface area contributed by atoms with Crippen LogP contribution in [-0.4, -0.2) is 121 Å². The Morgan fingerprint density at radius 2 is 1.76 bits per heavy atom. The van der Waals surface area contributed by atoms with Crippen molar-refractivity contribution in [3.63, 3.8) is 0 Å². The molecule has 0 spiro atoms. The molecule has 3 aromatic carbocycles. The zero-order valence-corrected chi connectivity index (χ0v) is 35.7. The number of benzene rings is 3. The van der Waals surface area contributed by atoms with Crippen LogP contribution in [0.15, 0.2) is 66.7 Å². The van der Waals surface area contributed by atoms with Crippen LogP contribution in [0.4, 0.5) is 5.69 Å². The van der Waals surface area contributed by atoms with Gasteiger partial charge in [-0.1, -0.05) is 69.3 Å². The van der Waals surface area contributed by atoms with Gasteiger partial charge in [0.05, 0.1) is 26.4 Å². The van der Waals surface area contributed by atoms with E-state index in [1.165, 1.54) is 6.42 Å². The van der Waals surface area contributed by atoms with E-state index in [0.29, 0.717) is 64.4 Å². The van der Waals surface area contributed by atoms with Crippen molar-refractivity contribution < 1.29 is 39.3 Å². The van der Waals surface area contributed by atoms with Gasteiger partial charge >= 0.3 is 5.97 Å². The van der Waals surface area contributed by atoms with Gasteiger partial charge in [-0.05, 0) is 92.8 Å². The number of aliphatic hydroxyl groups is 2. The summed E-state index contributed by atoms with van der Waals surface area (Å²) in [5.74, 6) is -0.434. The molecule has 9 atom stereocenters. The lowest BCUT2D eigenvalue weighted by atomic mass is 9.45. The Kier molecular flexibility index (Phi) is 13.7. The molecule has 3 saturated carbocycles. The monoisotopic (exact) mass is 813 g/mol. The van der Waals surface area contributed by atoms with Gasteiger partial charge < -0.3 is 40.5 Å². The molecule has 0 radical (unpaired) electrons. The molecule has 4 fully saturated rings. The van der Waals surface area contributed by atoms with Crippen molar-refractivity contribution in [3.05, 3.63) is 83.4 Å².